The third-order valence-corrected chi connectivity index (χ3v) is 4.67. The van der Waals surface area contributed by atoms with Crippen LogP contribution in [0, 0.1) is 0 Å². The molecule has 0 aliphatic heterocycles. The van der Waals surface area contributed by atoms with Crippen molar-refractivity contribution in [2.75, 3.05) is 6.61 Å². The van der Waals surface area contributed by atoms with E-state index < -0.39 is 23.4 Å². The van der Waals surface area contributed by atoms with E-state index in [9.17, 15) is 14.4 Å². The Kier molecular flexibility index (Phi) is 7.21. The van der Waals surface area contributed by atoms with Gasteiger partial charge in [-0.05, 0) is 36.8 Å². The molecular formula is C22H24N4O5. The van der Waals surface area contributed by atoms with Gasteiger partial charge in [-0.2, -0.15) is 0 Å². The summed E-state index contributed by atoms with van der Waals surface area (Å²) in [4.78, 5) is 40.3. The van der Waals surface area contributed by atoms with Gasteiger partial charge in [0.2, 0.25) is 5.91 Å². The predicted octanol–water partition coefficient (Wildman–Crippen LogP) is 1.79. The molecule has 4 N–H and O–H groups in total. The van der Waals surface area contributed by atoms with Gasteiger partial charge in [0.1, 0.15) is 12.4 Å². The summed E-state index contributed by atoms with van der Waals surface area (Å²) in [6.07, 6.45) is 1.48. The Labute approximate surface area is 178 Å². The number of esters is 1. The highest BCUT2D eigenvalue weighted by atomic mass is 16.5. The van der Waals surface area contributed by atoms with Gasteiger partial charge in [0.25, 0.3) is 5.56 Å². The number of carbonyl (C=O) groups excluding carboxylic acids is 2. The van der Waals surface area contributed by atoms with E-state index in [1.165, 1.54) is 0 Å². The average Bonchev–Trinajstić information content (AvgIpc) is 3.11. The normalized spacial score (nSPS) is 11.6. The van der Waals surface area contributed by atoms with Crippen LogP contribution < -0.4 is 16.0 Å². The summed E-state index contributed by atoms with van der Waals surface area (Å²) in [6, 6.07) is 12.6. The second-order valence-electron chi connectivity index (χ2n) is 6.85. The van der Waals surface area contributed by atoms with E-state index >= 15 is 0 Å². The minimum Gasteiger partial charge on any atom is -0.487 e. The van der Waals surface area contributed by atoms with Crippen molar-refractivity contribution in [2.24, 2.45) is 5.73 Å². The number of primary amides is 1. The summed E-state index contributed by atoms with van der Waals surface area (Å²) in [5.41, 5.74) is 7.17. The monoisotopic (exact) mass is 424 g/mol. The average molecular weight is 424 g/mol. The number of rotatable bonds is 10. The number of hydrogen-bond donors (Lipinski definition) is 3. The van der Waals surface area contributed by atoms with Crippen LogP contribution in [-0.4, -0.2) is 33.7 Å². The van der Waals surface area contributed by atoms with Gasteiger partial charge >= 0.3 is 5.97 Å². The molecule has 0 spiro atoms. The van der Waals surface area contributed by atoms with Crippen molar-refractivity contribution >= 4 is 11.9 Å². The maximum atomic E-state index is 12.5. The highest BCUT2D eigenvalue weighted by Crippen LogP contribution is 2.29. The summed E-state index contributed by atoms with van der Waals surface area (Å²) in [7, 11) is 0. The number of aromatic nitrogens is 3. The number of carbonyl (C=O) groups is 2. The van der Waals surface area contributed by atoms with Crippen molar-refractivity contribution in [3.63, 3.8) is 0 Å². The second kappa shape index (κ2) is 10.2. The molecule has 3 aromatic rings. The highest BCUT2D eigenvalue weighted by molar-refractivity contribution is 5.76. The number of H-pyrrole nitrogens is 2. The number of benzene rings is 1. The molecule has 0 aliphatic carbocycles. The summed E-state index contributed by atoms with van der Waals surface area (Å²) < 4.78 is 10.7. The third-order valence-electron chi connectivity index (χ3n) is 4.67. The lowest BCUT2D eigenvalue weighted by Gasteiger charge is -2.16. The smallest absolute Gasteiger partial charge is 0.311 e. The van der Waals surface area contributed by atoms with E-state index in [4.69, 9.17) is 15.2 Å². The van der Waals surface area contributed by atoms with Gasteiger partial charge in [-0.1, -0.05) is 18.2 Å². The van der Waals surface area contributed by atoms with Crippen LogP contribution >= 0.6 is 0 Å². The van der Waals surface area contributed by atoms with Crippen LogP contribution in [0.5, 0.6) is 5.75 Å². The number of nitrogens with zero attached hydrogens (tertiary/aromatic N) is 1. The van der Waals surface area contributed by atoms with Crippen molar-refractivity contribution in [1.82, 2.24) is 15.2 Å². The molecule has 0 aliphatic rings. The Morgan fingerprint density at radius 2 is 1.90 bits per heavy atom. The Bertz CT molecular complexity index is 1070. The number of hydrogen-bond acceptors (Lipinski definition) is 6. The number of aromatic amines is 2. The first-order valence-corrected chi connectivity index (χ1v) is 9.84. The molecule has 9 heteroatoms. The van der Waals surface area contributed by atoms with Crippen LogP contribution in [0.15, 0.2) is 53.5 Å². The van der Waals surface area contributed by atoms with Crippen LogP contribution in [0.4, 0.5) is 0 Å². The molecule has 0 saturated carbocycles. The van der Waals surface area contributed by atoms with Crippen molar-refractivity contribution in [3.05, 3.63) is 81.5 Å². The summed E-state index contributed by atoms with van der Waals surface area (Å²) in [5.74, 6) is -1.05. The topological polar surface area (TPSA) is 140 Å². The molecule has 2 aromatic heterocycles. The first-order valence-electron chi connectivity index (χ1n) is 9.84. The molecule has 0 radical (unpaired) electrons. The SMILES string of the molecule is CCOC(=O)Cc1[nH][nH]c(=O)c1C(CC(N)=O)c1ccc(OCc2ccccn2)cc1. The minimum atomic E-state index is -0.623. The molecule has 1 atom stereocenters. The molecule has 9 nitrogen and oxygen atoms in total. The van der Waals surface area contributed by atoms with Crippen molar-refractivity contribution in [1.29, 1.82) is 0 Å². The Balaban J connectivity index is 1.83. The van der Waals surface area contributed by atoms with Gasteiger partial charge in [0.05, 0.1) is 24.4 Å². The van der Waals surface area contributed by atoms with Gasteiger partial charge in [-0.25, -0.2) is 0 Å². The first kappa shape index (κ1) is 21.8. The maximum absolute atomic E-state index is 12.5. The maximum Gasteiger partial charge on any atom is 0.311 e. The lowest BCUT2D eigenvalue weighted by Crippen LogP contribution is -2.21. The number of amides is 1. The Morgan fingerprint density at radius 3 is 2.55 bits per heavy atom. The minimum absolute atomic E-state index is 0.0924. The molecule has 0 bridgehead atoms. The molecule has 0 fully saturated rings. The Morgan fingerprint density at radius 1 is 1.13 bits per heavy atom. The van der Waals surface area contributed by atoms with E-state index in [0.717, 1.165) is 5.69 Å². The molecule has 162 valence electrons. The van der Waals surface area contributed by atoms with Crippen molar-refractivity contribution in [2.45, 2.75) is 32.3 Å². The van der Waals surface area contributed by atoms with Crippen LogP contribution in [0.2, 0.25) is 0 Å². The van der Waals surface area contributed by atoms with Gasteiger partial charge in [-0.15, -0.1) is 0 Å². The van der Waals surface area contributed by atoms with E-state index in [2.05, 4.69) is 15.2 Å². The third kappa shape index (κ3) is 5.81. The molecule has 2 heterocycles. The standard InChI is InChI=1S/C22H24N4O5/c1-2-30-20(28)12-18-21(22(29)26-25-18)17(11-19(23)27)14-6-8-16(9-7-14)31-13-15-5-3-4-10-24-15/h3-10,17H,2,11-13H2,1H3,(H2,23,27)(H2,25,26,29). The number of ether oxygens (including phenoxy) is 2. The number of nitrogens with two attached hydrogens (primary N) is 1. The highest BCUT2D eigenvalue weighted by Gasteiger charge is 2.26. The van der Waals surface area contributed by atoms with Gasteiger partial charge in [-0.3, -0.25) is 24.5 Å². The van der Waals surface area contributed by atoms with Gasteiger partial charge in [0.15, 0.2) is 0 Å². The molecular weight excluding hydrogens is 400 g/mol. The van der Waals surface area contributed by atoms with Crippen LogP contribution in [0.3, 0.4) is 0 Å². The number of pyridine rings is 1. The zero-order valence-electron chi connectivity index (χ0n) is 17.1. The van der Waals surface area contributed by atoms with Crippen LogP contribution in [-0.2, 0) is 27.4 Å². The van der Waals surface area contributed by atoms with Gasteiger partial charge < -0.3 is 20.3 Å². The zero-order chi connectivity index (χ0) is 22.2. The fourth-order valence-corrected chi connectivity index (χ4v) is 3.29. The van der Waals surface area contributed by atoms with E-state index in [1.807, 2.05) is 18.2 Å². The molecule has 0 saturated heterocycles. The van der Waals surface area contributed by atoms with Crippen LogP contribution in [0.1, 0.15) is 41.8 Å². The van der Waals surface area contributed by atoms with Crippen molar-refractivity contribution in [3.8, 4) is 5.75 Å². The van der Waals surface area contributed by atoms with E-state index in [0.29, 0.717) is 23.6 Å². The first-order chi connectivity index (χ1) is 15.0. The quantitative estimate of drug-likeness (QED) is 0.424. The lowest BCUT2D eigenvalue weighted by molar-refractivity contribution is -0.142. The van der Waals surface area contributed by atoms with E-state index in [1.54, 1.807) is 37.4 Å². The Hall–Kier alpha value is -3.88. The lowest BCUT2D eigenvalue weighted by atomic mass is 9.87. The second-order valence-corrected chi connectivity index (χ2v) is 6.85. The predicted molar refractivity (Wildman–Crippen MR) is 112 cm³/mol. The fourth-order valence-electron chi connectivity index (χ4n) is 3.29. The summed E-state index contributed by atoms with van der Waals surface area (Å²) in [5, 5.41) is 5.20. The molecule has 1 amide bonds. The molecule has 31 heavy (non-hydrogen) atoms. The molecule has 1 aromatic carbocycles. The fraction of sp³-hybridized carbons (Fsp3) is 0.273. The van der Waals surface area contributed by atoms with Crippen LogP contribution in [0.25, 0.3) is 0 Å². The van der Waals surface area contributed by atoms with Gasteiger partial charge in [0, 0.05) is 24.1 Å². The number of nitrogens with one attached hydrogen (secondary N) is 2. The van der Waals surface area contributed by atoms with E-state index in [-0.39, 0.29) is 25.0 Å². The summed E-state index contributed by atoms with van der Waals surface area (Å²) >= 11 is 0. The largest absolute Gasteiger partial charge is 0.487 e. The van der Waals surface area contributed by atoms with Crippen molar-refractivity contribution < 1.29 is 19.1 Å². The summed E-state index contributed by atoms with van der Waals surface area (Å²) in [6.45, 7) is 2.24. The molecule has 3 rings (SSSR count). The molecule has 1 unspecified atom stereocenters. The zero-order valence-corrected chi connectivity index (χ0v) is 17.1.